The minimum atomic E-state index is -2.51. The van der Waals surface area contributed by atoms with Crippen LogP contribution in [0, 0.1) is 12.8 Å². The van der Waals surface area contributed by atoms with E-state index in [1.165, 1.54) is 0 Å². The molecular weight excluding hydrogens is 340 g/mol. The Balaban J connectivity index is 1.73. The number of halogens is 2. The second-order valence-electron chi connectivity index (χ2n) is 6.75. The van der Waals surface area contributed by atoms with Crippen LogP contribution in [-0.4, -0.2) is 36.3 Å². The molecule has 7 heteroatoms. The fourth-order valence-electron chi connectivity index (χ4n) is 2.87. The van der Waals surface area contributed by atoms with E-state index in [9.17, 15) is 13.6 Å². The molecule has 1 aliphatic heterocycles. The second kappa shape index (κ2) is 7.85. The Bertz CT molecular complexity index is 729. The van der Waals surface area contributed by atoms with Crippen molar-refractivity contribution in [1.82, 2.24) is 10.2 Å². The average Bonchev–Trinajstić information content (AvgIpc) is 3.41. The molecule has 1 aromatic carbocycles. The molecule has 3 rings (SSSR count). The number of hydrogen-bond acceptors (Lipinski definition) is 4. The van der Waals surface area contributed by atoms with Gasteiger partial charge in [-0.2, -0.15) is 0 Å². The summed E-state index contributed by atoms with van der Waals surface area (Å²) in [5.41, 5.74) is 2.80. The lowest BCUT2D eigenvalue weighted by molar-refractivity contribution is -0.124. The van der Waals surface area contributed by atoms with Gasteiger partial charge in [-0.15, -0.1) is 0 Å². The Morgan fingerprint density at radius 1 is 1.35 bits per heavy atom. The number of aliphatic imine (C=N–C) groups is 1. The van der Waals surface area contributed by atoms with Gasteiger partial charge in [-0.3, -0.25) is 4.79 Å². The standard InChI is InChI=1S/C19H23F2N3O2/c1-12-7-14(9-16(8-12)26-11-17(20)21)10-24-13(2)5-6-22-19(24)23-18(25)15-3-4-15/h5-9,15,17,19H,3-4,10-11H2,1-2H3,(H,23,25). The first-order chi connectivity index (χ1) is 12.4. The summed E-state index contributed by atoms with van der Waals surface area (Å²) in [5, 5.41) is 2.97. The van der Waals surface area contributed by atoms with E-state index >= 15 is 0 Å². The van der Waals surface area contributed by atoms with E-state index in [1.807, 2.05) is 30.9 Å². The van der Waals surface area contributed by atoms with E-state index in [-0.39, 0.29) is 11.8 Å². The molecule has 1 heterocycles. The highest BCUT2D eigenvalue weighted by Crippen LogP contribution is 2.29. The van der Waals surface area contributed by atoms with Gasteiger partial charge in [0.15, 0.2) is 6.29 Å². The van der Waals surface area contributed by atoms with Crippen LogP contribution in [0.4, 0.5) is 8.78 Å². The van der Waals surface area contributed by atoms with Crippen LogP contribution in [-0.2, 0) is 11.3 Å². The lowest BCUT2D eigenvalue weighted by Crippen LogP contribution is -2.47. The van der Waals surface area contributed by atoms with Crippen molar-refractivity contribution >= 4 is 12.1 Å². The third kappa shape index (κ3) is 4.80. The summed E-state index contributed by atoms with van der Waals surface area (Å²) in [6.45, 7) is 3.70. The zero-order valence-electron chi connectivity index (χ0n) is 14.9. The Kier molecular flexibility index (Phi) is 5.54. The molecule has 0 radical (unpaired) electrons. The van der Waals surface area contributed by atoms with E-state index in [0.29, 0.717) is 12.3 Å². The normalized spacial score (nSPS) is 19.5. The summed E-state index contributed by atoms with van der Waals surface area (Å²) in [5.74, 6) is 0.546. The summed E-state index contributed by atoms with van der Waals surface area (Å²) in [6.07, 6.45) is 2.46. The van der Waals surface area contributed by atoms with Gasteiger partial charge in [0, 0.05) is 24.4 Å². The van der Waals surface area contributed by atoms with Crippen molar-refractivity contribution in [3.8, 4) is 5.75 Å². The van der Waals surface area contributed by atoms with Gasteiger partial charge in [0.2, 0.25) is 5.91 Å². The molecule has 0 saturated heterocycles. The van der Waals surface area contributed by atoms with Crippen molar-refractivity contribution in [2.75, 3.05) is 6.61 Å². The summed E-state index contributed by atoms with van der Waals surface area (Å²) in [4.78, 5) is 18.5. The number of alkyl halides is 2. The SMILES string of the molecule is CC1=CC=NC(NC(=O)C2CC2)N1Cc1cc(C)cc(OCC(F)F)c1. The van der Waals surface area contributed by atoms with Gasteiger partial charge < -0.3 is 15.0 Å². The first-order valence-electron chi connectivity index (χ1n) is 8.71. The minimum absolute atomic E-state index is 0.0250. The number of hydrogen-bond donors (Lipinski definition) is 1. The first-order valence-corrected chi connectivity index (χ1v) is 8.71. The smallest absolute Gasteiger partial charge is 0.272 e. The third-order valence-corrected chi connectivity index (χ3v) is 4.35. The van der Waals surface area contributed by atoms with Crippen LogP contribution >= 0.6 is 0 Å². The fraction of sp³-hybridized carbons (Fsp3) is 0.474. The molecule has 140 valence electrons. The number of benzene rings is 1. The Labute approximate surface area is 151 Å². The van der Waals surface area contributed by atoms with Gasteiger partial charge in [0.05, 0.1) is 0 Å². The van der Waals surface area contributed by atoms with Crippen molar-refractivity contribution in [2.24, 2.45) is 10.9 Å². The number of allylic oxidation sites excluding steroid dienone is 2. The van der Waals surface area contributed by atoms with E-state index in [2.05, 4.69) is 10.3 Å². The molecule has 1 amide bonds. The van der Waals surface area contributed by atoms with Crippen LogP contribution in [0.1, 0.15) is 30.9 Å². The quantitative estimate of drug-likeness (QED) is 0.809. The number of nitrogens with zero attached hydrogens (tertiary/aromatic N) is 2. The zero-order chi connectivity index (χ0) is 18.7. The summed E-state index contributed by atoms with van der Waals surface area (Å²) in [7, 11) is 0. The monoisotopic (exact) mass is 363 g/mol. The van der Waals surface area contributed by atoms with E-state index in [4.69, 9.17) is 4.74 Å². The number of rotatable bonds is 7. The van der Waals surface area contributed by atoms with Gasteiger partial charge in [-0.1, -0.05) is 6.07 Å². The third-order valence-electron chi connectivity index (χ3n) is 4.35. The van der Waals surface area contributed by atoms with Crippen LogP contribution < -0.4 is 10.1 Å². The molecule has 5 nitrogen and oxygen atoms in total. The second-order valence-corrected chi connectivity index (χ2v) is 6.75. The summed E-state index contributed by atoms with van der Waals surface area (Å²) < 4.78 is 29.9. The van der Waals surface area contributed by atoms with Crippen molar-refractivity contribution < 1.29 is 18.3 Å². The van der Waals surface area contributed by atoms with Crippen molar-refractivity contribution in [3.63, 3.8) is 0 Å². The van der Waals surface area contributed by atoms with Gasteiger partial charge in [0.1, 0.15) is 12.4 Å². The van der Waals surface area contributed by atoms with Crippen LogP contribution in [0.25, 0.3) is 0 Å². The predicted molar refractivity (Wildman–Crippen MR) is 95.1 cm³/mol. The lowest BCUT2D eigenvalue weighted by atomic mass is 10.1. The molecule has 1 aliphatic carbocycles. The minimum Gasteiger partial charge on any atom is -0.488 e. The molecule has 1 fully saturated rings. The van der Waals surface area contributed by atoms with Crippen LogP contribution in [0.3, 0.4) is 0 Å². The van der Waals surface area contributed by atoms with E-state index in [0.717, 1.165) is 29.7 Å². The molecular formula is C19H23F2N3O2. The molecule has 1 N–H and O–H groups in total. The highest BCUT2D eigenvalue weighted by atomic mass is 19.3. The molecule has 1 aromatic rings. The topological polar surface area (TPSA) is 53.9 Å². The highest BCUT2D eigenvalue weighted by Gasteiger charge is 2.32. The summed E-state index contributed by atoms with van der Waals surface area (Å²) in [6, 6.07) is 5.46. The molecule has 0 bridgehead atoms. The molecule has 26 heavy (non-hydrogen) atoms. The van der Waals surface area contributed by atoms with Crippen LogP contribution in [0.2, 0.25) is 0 Å². The van der Waals surface area contributed by atoms with Gasteiger partial charge in [-0.05, 0) is 56.0 Å². The number of ether oxygens (including phenoxy) is 1. The molecule has 1 unspecified atom stereocenters. The van der Waals surface area contributed by atoms with Crippen LogP contribution in [0.5, 0.6) is 5.75 Å². The fourth-order valence-corrected chi connectivity index (χ4v) is 2.87. The van der Waals surface area contributed by atoms with E-state index in [1.54, 1.807) is 18.3 Å². The van der Waals surface area contributed by atoms with Crippen molar-refractivity contribution in [3.05, 3.63) is 41.1 Å². The number of aryl methyl sites for hydroxylation is 1. The average molecular weight is 363 g/mol. The number of carbonyl (C=O) groups excluding carboxylic acids is 1. The highest BCUT2D eigenvalue weighted by molar-refractivity contribution is 5.81. The molecule has 1 saturated carbocycles. The van der Waals surface area contributed by atoms with Gasteiger partial charge >= 0.3 is 0 Å². The number of carbonyl (C=O) groups is 1. The maximum atomic E-state index is 12.4. The lowest BCUT2D eigenvalue weighted by Gasteiger charge is -2.34. The molecule has 2 aliphatic rings. The van der Waals surface area contributed by atoms with Crippen molar-refractivity contribution in [2.45, 2.75) is 45.9 Å². The molecule has 0 spiro atoms. The van der Waals surface area contributed by atoms with Gasteiger partial charge in [-0.25, -0.2) is 13.8 Å². The molecule has 1 atom stereocenters. The van der Waals surface area contributed by atoms with Crippen LogP contribution in [0.15, 0.2) is 35.0 Å². The molecule has 0 aromatic heterocycles. The summed E-state index contributed by atoms with van der Waals surface area (Å²) >= 11 is 0. The van der Waals surface area contributed by atoms with E-state index < -0.39 is 19.3 Å². The Morgan fingerprint density at radius 2 is 2.12 bits per heavy atom. The first kappa shape index (κ1) is 18.4. The zero-order valence-corrected chi connectivity index (χ0v) is 14.9. The Morgan fingerprint density at radius 3 is 2.81 bits per heavy atom. The van der Waals surface area contributed by atoms with Crippen molar-refractivity contribution in [1.29, 1.82) is 0 Å². The predicted octanol–water partition coefficient (Wildman–Crippen LogP) is 3.24. The Hall–Kier alpha value is -2.44. The van der Waals surface area contributed by atoms with Gasteiger partial charge in [0.25, 0.3) is 6.43 Å². The number of amides is 1. The maximum absolute atomic E-state index is 12.4. The largest absolute Gasteiger partial charge is 0.488 e. The number of nitrogens with one attached hydrogen (secondary N) is 1. The maximum Gasteiger partial charge on any atom is 0.272 e.